The van der Waals surface area contributed by atoms with Gasteiger partial charge in [-0.3, -0.25) is 4.79 Å². The second-order valence-electron chi connectivity index (χ2n) is 7.05. The van der Waals surface area contributed by atoms with Gasteiger partial charge in [-0.1, -0.05) is 31.5 Å². The average molecular weight is 439 g/mol. The number of hydrogen-bond acceptors (Lipinski definition) is 5. The number of sulfonamides is 1. The Morgan fingerprint density at radius 3 is 2.48 bits per heavy atom. The van der Waals surface area contributed by atoms with Crippen LogP contribution in [0.15, 0.2) is 41.3 Å². The van der Waals surface area contributed by atoms with Crippen molar-refractivity contribution in [1.29, 1.82) is 0 Å². The predicted octanol–water partition coefficient (Wildman–Crippen LogP) is 3.36. The summed E-state index contributed by atoms with van der Waals surface area (Å²) in [4.78, 5) is 12.8. The Kier molecular flexibility index (Phi) is 6.36. The van der Waals surface area contributed by atoms with Crippen molar-refractivity contribution in [3.8, 4) is 11.5 Å². The minimum atomic E-state index is -3.97. The van der Waals surface area contributed by atoms with Gasteiger partial charge in [-0.05, 0) is 42.7 Å². The fraction of sp³-hybridized carbons (Fsp3) is 0.350. The van der Waals surface area contributed by atoms with E-state index >= 15 is 0 Å². The van der Waals surface area contributed by atoms with Gasteiger partial charge in [-0.2, -0.15) is 4.72 Å². The molecule has 0 radical (unpaired) electrons. The largest absolute Gasteiger partial charge is 0.486 e. The molecule has 0 bridgehead atoms. The standard InChI is InChI=1S/C20H23ClN2O5S/c1-12(2)19(20(24)22-16-6-4-5-15(21)13(16)3)23-29(25,26)14-7-8-17-18(11-14)28-10-9-27-17/h4-8,11-12,19,23H,9-10H2,1-3H3,(H,22,24). The first kappa shape index (κ1) is 21.4. The molecule has 0 saturated carbocycles. The highest BCUT2D eigenvalue weighted by molar-refractivity contribution is 7.89. The first-order chi connectivity index (χ1) is 13.7. The molecule has 2 aromatic carbocycles. The smallest absolute Gasteiger partial charge is 0.242 e. The third-order valence-electron chi connectivity index (χ3n) is 4.58. The van der Waals surface area contributed by atoms with Gasteiger partial charge in [0.1, 0.15) is 19.3 Å². The number of rotatable bonds is 6. The highest BCUT2D eigenvalue weighted by Gasteiger charge is 2.29. The number of halogens is 1. The second-order valence-corrected chi connectivity index (χ2v) is 9.17. The zero-order valence-electron chi connectivity index (χ0n) is 16.4. The molecule has 2 aromatic rings. The molecular weight excluding hydrogens is 416 g/mol. The summed E-state index contributed by atoms with van der Waals surface area (Å²) < 4.78 is 39.2. The summed E-state index contributed by atoms with van der Waals surface area (Å²) in [5, 5.41) is 3.28. The van der Waals surface area contributed by atoms with Gasteiger partial charge in [0.15, 0.2) is 11.5 Å². The Balaban J connectivity index is 1.82. The van der Waals surface area contributed by atoms with Crippen LogP contribution in [0.4, 0.5) is 5.69 Å². The number of benzene rings is 2. The molecular formula is C20H23ClN2O5S. The minimum Gasteiger partial charge on any atom is -0.486 e. The third-order valence-corrected chi connectivity index (χ3v) is 6.43. The van der Waals surface area contributed by atoms with Crippen molar-refractivity contribution in [3.05, 3.63) is 47.0 Å². The average Bonchev–Trinajstić information content (AvgIpc) is 2.69. The molecule has 2 N–H and O–H groups in total. The molecule has 1 aliphatic heterocycles. The van der Waals surface area contributed by atoms with Gasteiger partial charge in [-0.25, -0.2) is 8.42 Å². The molecule has 0 fully saturated rings. The second kappa shape index (κ2) is 8.61. The number of hydrogen-bond donors (Lipinski definition) is 2. The maximum Gasteiger partial charge on any atom is 0.242 e. The molecule has 0 aromatic heterocycles. The van der Waals surface area contributed by atoms with Gasteiger partial charge in [0, 0.05) is 16.8 Å². The summed E-state index contributed by atoms with van der Waals surface area (Å²) in [5.41, 5.74) is 1.24. The molecule has 29 heavy (non-hydrogen) atoms. The molecule has 0 spiro atoms. The van der Waals surface area contributed by atoms with Gasteiger partial charge in [0.05, 0.1) is 4.90 Å². The highest BCUT2D eigenvalue weighted by Crippen LogP contribution is 2.32. The van der Waals surface area contributed by atoms with Crippen LogP contribution in [0, 0.1) is 12.8 Å². The topological polar surface area (TPSA) is 93.7 Å². The number of carbonyl (C=O) groups excluding carboxylic acids is 1. The number of fused-ring (bicyclic) bond motifs is 1. The van der Waals surface area contributed by atoms with E-state index < -0.39 is 22.0 Å². The van der Waals surface area contributed by atoms with Crippen LogP contribution >= 0.6 is 11.6 Å². The van der Waals surface area contributed by atoms with Crippen LogP contribution in [0.25, 0.3) is 0 Å². The Morgan fingerprint density at radius 2 is 1.79 bits per heavy atom. The molecule has 1 atom stereocenters. The van der Waals surface area contributed by atoms with Gasteiger partial charge in [-0.15, -0.1) is 0 Å². The van der Waals surface area contributed by atoms with E-state index in [-0.39, 0.29) is 10.8 Å². The summed E-state index contributed by atoms with van der Waals surface area (Å²) in [6.45, 7) is 6.07. The molecule has 0 aliphatic carbocycles. The number of amides is 1. The van der Waals surface area contributed by atoms with Gasteiger partial charge in [0.25, 0.3) is 0 Å². The summed E-state index contributed by atoms with van der Waals surface area (Å²) in [6, 6.07) is 8.53. The highest BCUT2D eigenvalue weighted by atomic mass is 35.5. The number of anilines is 1. The van der Waals surface area contributed by atoms with Crippen LogP contribution in [0.3, 0.4) is 0 Å². The van der Waals surface area contributed by atoms with Crippen molar-refractivity contribution < 1.29 is 22.7 Å². The van der Waals surface area contributed by atoms with Crippen LogP contribution in [-0.4, -0.2) is 33.6 Å². The van der Waals surface area contributed by atoms with Crippen molar-refractivity contribution in [2.75, 3.05) is 18.5 Å². The Morgan fingerprint density at radius 1 is 1.10 bits per heavy atom. The summed E-state index contributed by atoms with van der Waals surface area (Å²) >= 11 is 6.10. The number of carbonyl (C=O) groups is 1. The SMILES string of the molecule is Cc1c(Cl)cccc1NC(=O)C(NS(=O)(=O)c1ccc2c(c1)OCCO2)C(C)C. The first-order valence-corrected chi connectivity index (χ1v) is 11.0. The van der Waals surface area contributed by atoms with Crippen molar-refractivity contribution in [2.45, 2.75) is 31.7 Å². The Bertz CT molecular complexity index is 1020. The normalized spacial score (nSPS) is 14.5. The fourth-order valence-electron chi connectivity index (χ4n) is 2.87. The van der Waals surface area contributed by atoms with Crippen LogP contribution < -0.4 is 19.5 Å². The quantitative estimate of drug-likeness (QED) is 0.721. The molecule has 1 unspecified atom stereocenters. The zero-order valence-corrected chi connectivity index (χ0v) is 17.9. The van der Waals surface area contributed by atoms with Crippen LogP contribution in [-0.2, 0) is 14.8 Å². The van der Waals surface area contributed by atoms with E-state index in [0.717, 1.165) is 0 Å². The van der Waals surface area contributed by atoms with E-state index in [9.17, 15) is 13.2 Å². The summed E-state index contributed by atoms with van der Waals surface area (Å²) in [7, 11) is -3.97. The Labute approximate surface area is 175 Å². The molecule has 1 heterocycles. The van der Waals surface area contributed by atoms with Gasteiger partial charge < -0.3 is 14.8 Å². The molecule has 9 heteroatoms. The molecule has 7 nitrogen and oxygen atoms in total. The fourth-order valence-corrected chi connectivity index (χ4v) is 4.41. The monoisotopic (exact) mass is 438 g/mol. The van der Waals surface area contributed by atoms with Crippen molar-refractivity contribution in [2.24, 2.45) is 5.92 Å². The van der Waals surface area contributed by atoms with E-state index in [4.69, 9.17) is 21.1 Å². The lowest BCUT2D eigenvalue weighted by atomic mass is 10.0. The van der Waals surface area contributed by atoms with Crippen molar-refractivity contribution in [1.82, 2.24) is 4.72 Å². The maximum absolute atomic E-state index is 12.9. The predicted molar refractivity (Wildman–Crippen MR) is 111 cm³/mol. The van der Waals surface area contributed by atoms with Crippen molar-refractivity contribution >= 4 is 33.2 Å². The Hall–Kier alpha value is -2.29. The minimum absolute atomic E-state index is 0.000800. The number of ether oxygens (including phenoxy) is 2. The molecule has 3 rings (SSSR count). The van der Waals surface area contributed by atoms with Crippen molar-refractivity contribution in [3.63, 3.8) is 0 Å². The molecule has 0 saturated heterocycles. The van der Waals surface area contributed by atoms with Crippen LogP contribution in [0.1, 0.15) is 19.4 Å². The lowest BCUT2D eigenvalue weighted by molar-refractivity contribution is -0.118. The summed E-state index contributed by atoms with van der Waals surface area (Å²) in [5.74, 6) is 0.0944. The van der Waals surface area contributed by atoms with E-state index in [1.165, 1.54) is 12.1 Å². The van der Waals surface area contributed by atoms with E-state index in [2.05, 4.69) is 10.0 Å². The molecule has 1 aliphatic rings. The van der Waals surface area contributed by atoms with Crippen LogP contribution in [0.2, 0.25) is 5.02 Å². The van der Waals surface area contributed by atoms with E-state index in [1.807, 2.05) is 0 Å². The molecule has 1 amide bonds. The third kappa shape index (κ3) is 4.83. The zero-order chi connectivity index (χ0) is 21.2. The van der Waals surface area contributed by atoms with Gasteiger partial charge in [0.2, 0.25) is 15.9 Å². The number of nitrogens with one attached hydrogen (secondary N) is 2. The van der Waals surface area contributed by atoms with E-state index in [1.54, 1.807) is 45.0 Å². The van der Waals surface area contributed by atoms with Gasteiger partial charge >= 0.3 is 0 Å². The first-order valence-electron chi connectivity index (χ1n) is 9.17. The summed E-state index contributed by atoms with van der Waals surface area (Å²) in [6.07, 6.45) is 0. The lowest BCUT2D eigenvalue weighted by Crippen LogP contribution is -2.47. The molecule has 156 valence electrons. The van der Waals surface area contributed by atoms with E-state index in [0.29, 0.717) is 41.0 Å². The lowest BCUT2D eigenvalue weighted by Gasteiger charge is -2.23. The van der Waals surface area contributed by atoms with Crippen LogP contribution in [0.5, 0.6) is 11.5 Å². The maximum atomic E-state index is 12.9.